The van der Waals surface area contributed by atoms with Crippen LogP contribution in [0.1, 0.15) is 96.5 Å². The van der Waals surface area contributed by atoms with Gasteiger partial charge in [-0.1, -0.05) is 158 Å². The first-order valence-electron chi connectivity index (χ1n) is 22.5. The van der Waals surface area contributed by atoms with Crippen LogP contribution < -0.4 is 0 Å². The Morgan fingerprint density at radius 3 is 2.37 bits per heavy atom. The highest BCUT2D eigenvalue weighted by atomic mass is 16.5. The molecule has 0 amide bonds. The van der Waals surface area contributed by atoms with E-state index in [0.717, 1.165) is 57.0 Å². The third-order valence-electron chi connectivity index (χ3n) is 13.8. The van der Waals surface area contributed by atoms with Gasteiger partial charge in [0.1, 0.15) is 0 Å². The van der Waals surface area contributed by atoms with E-state index in [1.54, 1.807) is 0 Å². The molecule has 0 spiro atoms. The third kappa shape index (κ3) is 9.71. The van der Waals surface area contributed by atoms with E-state index in [4.69, 9.17) is 4.74 Å². The fourth-order valence-electron chi connectivity index (χ4n) is 10.4. The van der Waals surface area contributed by atoms with Crippen molar-refractivity contribution in [2.75, 3.05) is 19.7 Å². The number of fused-ring (bicyclic) bond motifs is 9. The topological polar surface area (TPSA) is 90.2 Å². The van der Waals surface area contributed by atoms with E-state index in [-0.39, 0.29) is 18.3 Å². The van der Waals surface area contributed by atoms with Crippen LogP contribution in [0.4, 0.5) is 0 Å². The number of nitrogens with zero attached hydrogens (tertiary/aromatic N) is 1. The summed E-state index contributed by atoms with van der Waals surface area (Å²) in [4.78, 5) is 17.4. The van der Waals surface area contributed by atoms with Crippen molar-refractivity contribution >= 4 is 16.6 Å². The number of aliphatic hydroxyl groups is 3. The number of ketones is 1. The molecule has 6 nitrogen and oxygen atoms in total. The van der Waals surface area contributed by atoms with E-state index in [0.29, 0.717) is 69.5 Å². The molecule has 0 heterocycles. The van der Waals surface area contributed by atoms with E-state index < -0.39 is 23.2 Å². The van der Waals surface area contributed by atoms with Gasteiger partial charge in [-0.3, -0.25) is 9.69 Å². The van der Waals surface area contributed by atoms with Gasteiger partial charge in [0.05, 0.1) is 31.0 Å². The van der Waals surface area contributed by atoms with Crippen molar-refractivity contribution in [1.29, 1.82) is 0 Å². The van der Waals surface area contributed by atoms with Crippen LogP contribution in [0, 0.1) is 5.41 Å². The molecular formula is C56H61NO5. The second-order valence-corrected chi connectivity index (χ2v) is 18.2. The second-order valence-electron chi connectivity index (χ2n) is 18.2. The number of carbonyl (C=O) groups is 1. The van der Waals surface area contributed by atoms with Crippen LogP contribution in [-0.2, 0) is 24.3 Å². The van der Waals surface area contributed by atoms with Crippen molar-refractivity contribution in [1.82, 2.24) is 4.90 Å². The minimum atomic E-state index is -1.16. The standard InChI is InChI=1S/C56H61NO5/c1-40-15-14-31-55(2)53(50-29-27-42(33-46(58)28-26-40)34-52(50)54(60)51-25-12-11-24-49(51)44-18-7-4-8-19-44)30-32-56(55,61)39-57(35-45-22-13-21-43-20-9-10-23-48(43)45)36-47(59)38-62-37-41-16-5-3-6-17-41/h3-13,15-25,27,29,34,46-47,53,58-59,61H,14,26,28,30-33,35-39H2,1-2H3/t46-,47+,53-,55-,56+/m0/s1. The summed E-state index contributed by atoms with van der Waals surface area (Å²) in [7, 11) is 0. The molecule has 5 atom stereocenters. The van der Waals surface area contributed by atoms with E-state index in [1.807, 2.05) is 91.0 Å². The first-order chi connectivity index (χ1) is 30.1. The van der Waals surface area contributed by atoms with Gasteiger partial charge in [-0.2, -0.15) is 0 Å². The molecule has 6 heteroatoms. The molecule has 0 aliphatic heterocycles. The first-order valence-corrected chi connectivity index (χ1v) is 22.5. The van der Waals surface area contributed by atoms with Gasteiger partial charge in [-0.05, 0) is 108 Å². The Bertz CT molecular complexity index is 2480. The highest BCUT2D eigenvalue weighted by molar-refractivity contribution is 6.14. The SMILES string of the molecule is CC1=CCC[C@@]2(C)[C@@H](CC[C@@]2(O)CN(Cc2cccc3ccccc23)C[C@@H](O)COCc2ccccc2)c2ccc(cc2C(=O)c2ccccc2-c2ccccc2)C[C@@H](O)CC1. The fraction of sp³-hybridized carbons (Fsp3) is 0.339. The van der Waals surface area contributed by atoms with Gasteiger partial charge in [-0.25, -0.2) is 0 Å². The maximum atomic E-state index is 15.2. The van der Waals surface area contributed by atoms with Gasteiger partial charge in [0.25, 0.3) is 0 Å². The molecule has 0 saturated heterocycles. The molecule has 1 saturated carbocycles. The molecule has 62 heavy (non-hydrogen) atoms. The summed E-state index contributed by atoms with van der Waals surface area (Å²) in [5.74, 6) is -0.183. The summed E-state index contributed by atoms with van der Waals surface area (Å²) in [6, 6.07) is 48.9. The minimum absolute atomic E-state index is 0.0485. The molecule has 3 aliphatic rings. The van der Waals surface area contributed by atoms with Crippen LogP contribution in [0.3, 0.4) is 0 Å². The average molecular weight is 828 g/mol. The molecule has 320 valence electrons. The zero-order valence-electron chi connectivity index (χ0n) is 36.3. The van der Waals surface area contributed by atoms with Crippen LogP contribution in [-0.4, -0.2) is 63.5 Å². The van der Waals surface area contributed by atoms with E-state index in [2.05, 4.69) is 79.4 Å². The molecule has 1 fully saturated rings. The molecule has 0 unspecified atom stereocenters. The molecule has 2 bridgehead atoms. The van der Waals surface area contributed by atoms with Crippen molar-refractivity contribution in [3.63, 3.8) is 0 Å². The number of allylic oxidation sites excluding steroid dienone is 2. The smallest absolute Gasteiger partial charge is 0.193 e. The van der Waals surface area contributed by atoms with Crippen molar-refractivity contribution in [2.45, 2.75) is 95.7 Å². The van der Waals surface area contributed by atoms with Gasteiger partial charge < -0.3 is 20.1 Å². The number of hydrogen-bond acceptors (Lipinski definition) is 6. The Labute approximate surface area is 367 Å². The van der Waals surface area contributed by atoms with Crippen LogP contribution in [0.15, 0.2) is 157 Å². The molecule has 6 aromatic rings. The van der Waals surface area contributed by atoms with E-state index in [9.17, 15) is 15.3 Å². The average Bonchev–Trinajstić information content (AvgIpc) is 3.54. The summed E-state index contributed by atoms with van der Waals surface area (Å²) < 4.78 is 6.05. The van der Waals surface area contributed by atoms with Crippen LogP contribution in [0.5, 0.6) is 0 Å². The van der Waals surface area contributed by atoms with Crippen LogP contribution in [0.2, 0.25) is 0 Å². The lowest BCUT2D eigenvalue weighted by molar-refractivity contribution is -0.0922. The summed E-state index contributed by atoms with van der Waals surface area (Å²) in [6.07, 6.45) is 5.54. The molecule has 3 aliphatic carbocycles. The van der Waals surface area contributed by atoms with E-state index >= 15 is 4.79 Å². The summed E-state index contributed by atoms with van der Waals surface area (Å²) in [5.41, 5.74) is 6.63. The summed E-state index contributed by atoms with van der Waals surface area (Å²) in [6.45, 7) is 6.15. The summed E-state index contributed by atoms with van der Waals surface area (Å²) >= 11 is 0. The fourth-order valence-corrected chi connectivity index (χ4v) is 10.4. The number of ether oxygens (including phenoxy) is 1. The molecule has 0 aromatic heterocycles. The number of hydrogen-bond donors (Lipinski definition) is 3. The summed E-state index contributed by atoms with van der Waals surface area (Å²) in [5, 5.41) is 38.6. The van der Waals surface area contributed by atoms with Gasteiger partial charge in [0.2, 0.25) is 0 Å². The zero-order valence-corrected chi connectivity index (χ0v) is 36.3. The van der Waals surface area contributed by atoms with Crippen molar-refractivity contribution < 1.29 is 24.9 Å². The maximum absolute atomic E-state index is 15.2. The monoisotopic (exact) mass is 827 g/mol. The Kier molecular flexibility index (Phi) is 13.6. The van der Waals surface area contributed by atoms with E-state index in [1.165, 1.54) is 5.57 Å². The van der Waals surface area contributed by atoms with Gasteiger partial charge in [-0.15, -0.1) is 0 Å². The largest absolute Gasteiger partial charge is 0.393 e. The van der Waals surface area contributed by atoms with Gasteiger partial charge >= 0.3 is 0 Å². The maximum Gasteiger partial charge on any atom is 0.193 e. The second kappa shape index (κ2) is 19.5. The number of rotatable bonds is 13. The third-order valence-corrected chi connectivity index (χ3v) is 13.8. The first kappa shape index (κ1) is 43.4. The Morgan fingerprint density at radius 1 is 0.823 bits per heavy atom. The highest BCUT2D eigenvalue weighted by Crippen LogP contribution is 2.59. The number of benzene rings is 6. The lowest BCUT2D eigenvalue weighted by Gasteiger charge is -2.46. The molecule has 9 rings (SSSR count). The predicted molar refractivity (Wildman–Crippen MR) is 250 cm³/mol. The number of carbonyl (C=O) groups excluding carboxylic acids is 1. The lowest BCUT2D eigenvalue weighted by Crippen LogP contribution is -2.53. The molecular weight excluding hydrogens is 767 g/mol. The number of aliphatic hydroxyl groups excluding tert-OH is 2. The predicted octanol–water partition coefficient (Wildman–Crippen LogP) is 10.9. The van der Waals surface area contributed by atoms with Crippen molar-refractivity contribution in [2.24, 2.45) is 5.41 Å². The van der Waals surface area contributed by atoms with Gasteiger partial charge in [0, 0.05) is 36.2 Å². The normalized spacial score (nSPS) is 22.3. The lowest BCUT2D eigenvalue weighted by atomic mass is 9.64. The quantitative estimate of drug-likeness (QED) is 0.0794. The Hall–Kier alpha value is -5.21. The Balaban J connectivity index is 1.17. The van der Waals surface area contributed by atoms with Crippen LogP contribution in [0.25, 0.3) is 21.9 Å². The molecule has 6 aromatic carbocycles. The van der Waals surface area contributed by atoms with Gasteiger partial charge in [0.15, 0.2) is 5.78 Å². The van der Waals surface area contributed by atoms with Crippen LogP contribution >= 0.6 is 0 Å². The minimum Gasteiger partial charge on any atom is -0.393 e. The zero-order chi connectivity index (χ0) is 43.1. The van der Waals surface area contributed by atoms with Crippen molar-refractivity contribution in [3.8, 4) is 11.1 Å². The molecule has 0 radical (unpaired) electrons. The highest BCUT2D eigenvalue weighted by Gasteiger charge is 2.57. The Morgan fingerprint density at radius 2 is 1.55 bits per heavy atom. The molecule has 3 N–H and O–H groups in total. The van der Waals surface area contributed by atoms with Crippen molar-refractivity contribution in [3.05, 3.63) is 191 Å².